The van der Waals surface area contributed by atoms with Gasteiger partial charge >= 0.3 is 5.97 Å². The van der Waals surface area contributed by atoms with Gasteiger partial charge in [0.15, 0.2) is 0 Å². The zero-order valence-electron chi connectivity index (χ0n) is 16.7. The molecule has 8 heteroatoms. The third kappa shape index (κ3) is 4.85. The van der Waals surface area contributed by atoms with Gasteiger partial charge in [0.1, 0.15) is 18.4 Å². The summed E-state index contributed by atoms with van der Waals surface area (Å²) in [4.78, 5) is 62.1. The summed E-state index contributed by atoms with van der Waals surface area (Å²) in [5.74, 6) is -3.20. The van der Waals surface area contributed by atoms with Crippen LogP contribution < -0.4 is 5.32 Å². The predicted molar refractivity (Wildman–Crippen MR) is 110 cm³/mol. The van der Waals surface area contributed by atoms with Gasteiger partial charge in [-0.3, -0.25) is 19.3 Å². The second-order valence-electron chi connectivity index (χ2n) is 7.23. The van der Waals surface area contributed by atoms with Crippen LogP contribution in [0.5, 0.6) is 0 Å². The van der Waals surface area contributed by atoms with E-state index in [1.807, 2.05) is 0 Å². The molecule has 2 N–H and O–H groups in total. The number of hydrogen-bond donors (Lipinski definition) is 2. The zero-order chi connectivity index (χ0) is 22.4. The molecule has 0 spiro atoms. The first kappa shape index (κ1) is 21.9. The number of carbonyl (C=O) groups excluding carboxylic acids is 4. The standard InChI is InChI=1S/C23H22N2O6/c26-13-7-6-12-19(25-21(28)16-10-4-5-11-17(16)22(25)29)20(27)24-18(23(30)31)14-15-8-2-1-3-9-15/h1-5,8-11,13,18-19H,6-7,12,14H2,(H,24,27)(H,30,31)/t18-,19?/m1/s1. The van der Waals surface area contributed by atoms with Gasteiger partial charge in [0.25, 0.3) is 11.8 Å². The number of fused-ring (bicyclic) bond motifs is 1. The smallest absolute Gasteiger partial charge is 0.326 e. The normalized spacial score (nSPS) is 14.6. The molecule has 0 fully saturated rings. The molecule has 8 nitrogen and oxygen atoms in total. The molecule has 0 aliphatic carbocycles. The number of benzene rings is 2. The Labute approximate surface area is 178 Å². The molecule has 160 valence electrons. The summed E-state index contributed by atoms with van der Waals surface area (Å²) in [5, 5.41) is 12.0. The molecule has 1 heterocycles. The summed E-state index contributed by atoms with van der Waals surface area (Å²) in [6, 6.07) is 12.6. The van der Waals surface area contributed by atoms with Crippen molar-refractivity contribution in [3.8, 4) is 0 Å². The van der Waals surface area contributed by atoms with Crippen molar-refractivity contribution in [2.45, 2.75) is 37.8 Å². The largest absolute Gasteiger partial charge is 0.480 e. The lowest BCUT2D eigenvalue weighted by Crippen LogP contribution is -2.53. The second kappa shape index (κ2) is 9.80. The van der Waals surface area contributed by atoms with Crippen LogP contribution in [-0.4, -0.2) is 52.1 Å². The van der Waals surface area contributed by atoms with Crippen molar-refractivity contribution in [2.24, 2.45) is 0 Å². The quantitative estimate of drug-likeness (QED) is 0.342. The van der Waals surface area contributed by atoms with E-state index in [4.69, 9.17) is 0 Å². The number of hydrogen-bond acceptors (Lipinski definition) is 5. The van der Waals surface area contributed by atoms with E-state index in [-0.39, 0.29) is 36.8 Å². The molecule has 3 amide bonds. The summed E-state index contributed by atoms with van der Waals surface area (Å²) >= 11 is 0. The lowest BCUT2D eigenvalue weighted by molar-refractivity contribution is -0.142. The second-order valence-corrected chi connectivity index (χ2v) is 7.23. The topological polar surface area (TPSA) is 121 Å². The van der Waals surface area contributed by atoms with Crippen molar-refractivity contribution in [2.75, 3.05) is 0 Å². The number of unbranched alkanes of at least 4 members (excludes halogenated alkanes) is 1. The van der Waals surface area contributed by atoms with E-state index in [0.29, 0.717) is 11.8 Å². The van der Waals surface area contributed by atoms with Crippen LogP contribution in [0.15, 0.2) is 54.6 Å². The van der Waals surface area contributed by atoms with Gasteiger partial charge < -0.3 is 15.2 Å². The van der Waals surface area contributed by atoms with Crippen LogP contribution in [-0.2, 0) is 20.8 Å². The highest BCUT2D eigenvalue weighted by molar-refractivity contribution is 6.22. The van der Waals surface area contributed by atoms with Gasteiger partial charge in [-0.15, -0.1) is 0 Å². The molecule has 0 saturated carbocycles. The van der Waals surface area contributed by atoms with Crippen LogP contribution >= 0.6 is 0 Å². The minimum absolute atomic E-state index is 0.0467. The van der Waals surface area contributed by atoms with Gasteiger partial charge in [0.05, 0.1) is 11.1 Å². The number of carboxylic acid groups (broad SMARTS) is 1. The Morgan fingerprint density at radius 2 is 1.55 bits per heavy atom. The first-order chi connectivity index (χ1) is 14.9. The highest BCUT2D eigenvalue weighted by Gasteiger charge is 2.43. The zero-order valence-corrected chi connectivity index (χ0v) is 16.7. The average molecular weight is 422 g/mol. The van der Waals surface area contributed by atoms with Crippen LogP contribution in [0.2, 0.25) is 0 Å². The van der Waals surface area contributed by atoms with Gasteiger partial charge in [-0.2, -0.15) is 0 Å². The number of carbonyl (C=O) groups is 5. The monoisotopic (exact) mass is 422 g/mol. The Morgan fingerprint density at radius 1 is 0.968 bits per heavy atom. The van der Waals surface area contributed by atoms with Crippen molar-refractivity contribution in [1.29, 1.82) is 0 Å². The fraction of sp³-hybridized carbons (Fsp3) is 0.261. The SMILES string of the molecule is O=CCCCC(C(=O)N[C@H](Cc1ccccc1)C(=O)O)N1C(=O)c2ccccc2C1=O. The maximum absolute atomic E-state index is 13.1. The van der Waals surface area contributed by atoms with Crippen molar-refractivity contribution in [3.63, 3.8) is 0 Å². The van der Waals surface area contributed by atoms with Crippen LogP contribution in [0.3, 0.4) is 0 Å². The Hall–Kier alpha value is -3.81. The summed E-state index contributed by atoms with van der Waals surface area (Å²) in [6.07, 6.45) is 1.20. The molecule has 31 heavy (non-hydrogen) atoms. The van der Waals surface area contributed by atoms with E-state index in [2.05, 4.69) is 5.32 Å². The summed E-state index contributed by atoms with van der Waals surface area (Å²) in [6.45, 7) is 0. The number of imide groups is 1. The highest BCUT2D eigenvalue weighted by atomic mass is 16.4. The van der Waals surface area contributed by atoms with E-state index < -0.39 is 35.8 Å². The maximum Gasteiger partial charge on any atom is 0.326 e. The molecular weight excluding hydrogens is 400 g/mol. The van der Waals surface area contributed by atoms with Gasteiger partial charge in [-0.05, 0) is 30.5 Å². The lowest BCUT2D eigenvalue weighted by atomic mass is 10.0. The third-order valence-corrected chi connectivity index (χ3v) is 5.14. The molecule has 2 atom stereocenters. The minimum atomic E-state index is -1.24. The molecular formula is C23H22N2O6. The first-order valence-electron chi connectivity index (χ1n) is 9.91. The van der Waals surface area contributed by atoms with Crippen LogP contribution in [0.1, 0.15) is 45.5 Å². The molecule has 0 aromatic heterocycles. The van der Waals surface area contributed by atoms with Crippen molar-refractivity contribution < 1.29 is 29.1 Å². The lowest BCUT2D eigenvalue weighted by Gasteiger charge is -2.27. The van der Waals surface area contributed by atoms with Gasteiger partial charge in [-0.25, -0.2) is 4.79 Å². The number of nitrogens with zero attached hydrogens (tertiary/aromatic N) is 1. The van der Waals surface area contributed by atoms with E-state index >= 15 is 0 Å². The average Bonchev–Trinajstić information content (AvgIpc) is 3.02. The number of nitrogens with one attached hydrogen (secondary N) is 1. The molecule has 1 unspecified atom stereocenters. The van der Waals surface area contributed by atoms with Crippen LogP contribution in [0, 0.1) is 0 Å². The molecule has 0 bridgehead atoms. The van der Waals surface area contributed by atoms with Crippen LogP contribution in [0.25, 0.3) is 0 Å². The number of amides is 3. The van der Waals surface area contributed by atoms with Gasteiger partial charge in [0.2, 0.25) is 5.91 Å². The molecule has 3 rings (SSSR count). The Bertz CT molecular complexity index is 969. The Balaban J connectivity index is 1.83. The van der Waals surface area contributed by atoms with Crippen LogP contribution in [0.4, 0.5) is 0 Å². The van der Waals surface area contributed by atoms with Crippen molar-refractivity contribution in [1.82, 2.24) is 10.2 Å². The number of carboxylic acids is 1. The Morgan fingerprint density at radius 3 is 2.10 bits per heavy atom. The van der Waals surface area contributed by atoms with Gasteiger partial charge in [0, 0.05) is 12.8 Å². The Kier molecular flexibility index (Phi) is 6.92. The molecule has 2 aromatic carbocycles. The fourth-order valence-corrected chi connectivity index (χ4v) is 3.58. The molecule has 0 saturated heterocycles. The summed E-state index contributed by atoms with van der Waals surface area (Å²) in [5.41, 5.74) is 1.10. The fourth-order valence-electron chi connectivity index (χ4n) is 3.58. The van der Waals surface area contributed by atoms with E-state index in [0.717, 1.165) is 4.90 Å². The molecule has 1 aliphatic rings. The third-order valence-electron chi connectivity index (χ3n) is 5.14. The first-order valence-corrected chi connectivity index (χ1v) is 9.91. The van der Waals surface area contributed by atoms with Crippen molar-refractivity contribution >= 4 is 30.0 Å². The summed E-state index contributed by atoms with van der Waals surface area (Å²) < 4.78 is 0. The highest BCUT2D eigenvalue weighted by Crippen LogP contribution is 2.26. The predicted octanol–water partition coefficient (Wildman–Crippen LogP) is 1.83. The van der Waals surface area contributed by atoms with Crippen molar-refractivity contribution in [3.05, 3.63) is 71.3 Å². The van der Waals surface area contributed by atoms with Gasteiger partial charge in [-0.1, -0.05) is 42.5 Å². The van der Waals surface area contributed by atoms with E-state index in [9.17, 15) is 29.1 Å². The number of aliphatic carboxylic acids is 1. The molecule has 2 aromatic rings. The number of rotatable bonds is 10. The molecule has 0 radical (unpaired) electrons. The number of aldehydes is 1. The summed E-state index contributed by atoms with van der Waals surface area (Å²) in [7, 11) is 0. The minimum Gasteiger partial charge on any atom is -0.480 e. The maximum atomic E-state index is 13.1. The van der Waals surface area contributed by atoms with E-state index in [1.54, 1.807) is 42.5 Å². The molecule has 1 aliphatic heterocycles. The van der Waals surface area contributed by atoms with E-state index in [1.165, 1.54) is 12.1 Å².